The van der Waals surface area contributed by atoms with Crippen molar-refractivity contribution in [3.8, 4) is 22.6 Å². The number of aromatic hydroxyl groups is 1. The zero-order valence-electron chi connectivity index (χ0n) is 20.4. The molecule has 0 aliphatic heterocycles. The van der Waals surface area contributed by atoms with Crippen LogP contribution >= 0.6 is 12.4 Å². The minimum absolute atomic E-state index is 0. The Morgan fingerprint density at radius 3 is 2.46 bits per heavy atom. The summed E-state index contributed by atoms with van der Waals surface area (Å²) in [6.07, 6.45) is 0.857. The van der Waals surface area contributed by atoms with E-state index in [2.05, 4.69) is 15.4 Å². The number of nitrogens with one attached hydrogen (secondary N) is 3. The van der Waals surface area contributed by atoms with E-state index in [0.717, 1.165) is 46.4 Å². The third-order valence-electron chi connectivity index (χ3n) is 5.76. The summed E-state index contributed by atoms with van der Waals surface area (Å²) in [6.45, 7) is 2.59. The largest absolute Gasteiger partial charge is 0.506 e. The fourth-order valence-electron chi connectivity index (χ4n) is 4.20. The molecule has 198 valence electrons. The van der Waals surface area contributed by atoms with Crippen molar-refractivity contribution in [1.29, 1.82) is 0 Å². The second-order valence-corrected chi connectivity index (χ2v) is 10.5. The van der Waals surface area contributed by atoms with Crippen LogP contribution in [0.1, 0.15) is 29.7 Å². The van der Waals surface area contributed by atoms with E-state index in [4.69, 9.17) is 4.74 Å². The van der Waals surface area contributed by atoms with Crippen molar-refractivity contribution >= 4 is 39.7 Å². The van der Waals surface area contributed by atoms with Crippen LogP contribution < -0.4 is 20.1 Å². The highest BCUT2D eigenvalue weighted by Gasteiger charge is 2.19. The van der Waals surface area contributed by atoms with Gasteiger partial charge in [-0.15, -0.1) is 12.4 Å². The van der Waals surface area contributed by atoms with Gasteiger partial charge in [0.15, 0.2) is 0 Å². The number of halogens is 1. The Hall–Kier alpha value is -3.31. The lowest BCUT2D eigenvalue weighted by Crippen LogP contribution is -2.26. The first-order chi connectivity index (χ1) is 17.1. The van der Waals surface area contributed by atoms with Crippen LogP contribution in [-0.2, 0) is 21.2 Å². The number of sulfonamides is 1. The molecule has 1 unspecified atom stereocenters. The van der Waals surface area contributed by atoms with E-state index >= 15 is 0 Å². The van der Waals surface area contributed by atoms with Gasteiger partial charge in [-0.3, -0.25) is 9.52 Å². The Morgan fingerprint density at radius 1 is 1.05 bits per heavy atom. The van der Waals surface area contributed by atoms with Gasteiger partial charge in [0.2, 0.25) is 15.9 Å². The Labute approximate surface area is 222 Å². The molecule has 9 nitrogen and oxygen atoms in total. The molecule has 0 fully saturated rings. The molecule has 11 heteroatoms. The topological polar surface area (TPSA) is 137 Å². The molecule has 0 saturated heterocycles. The predicted octanol–water partition coefficient (Wildman–Crippen LogP) is 3.42. The van der Waals surface area contributed by atoms with Crippen molar-refractivity contribution in [1.82, 2.24) is 5.32 Å². The van der Waals surface area contributed by atoms with E-state index in [0.29, 0.717) is 18.7 Å². The Bertz CT molecular complexity index is 1400. The second-order valence-electron chi connectivity index (χ2n) is 8.77. The number of aliphatic hydroxyl groups excluding tert-OH is 1. The standard InChI is InChI=1S/C26H29N3O6S.ClH/c1-16(30)28-20-4-6-22-18(12-20)11-19-13-21(5-7-23(19)22)35-10-9-27-15-26(32)17-3-8-25(31)24(14-17)29-36(2,33)34;/h3-8,12-14,26-27,29,31-32H,9-11,15H2,1-2H3,(H,28,30);1H. The van der Waals surface area contributed by atoms with Crippen LogP contribution in [0.4, 0.5) is 11.4 Å². The van der Waals surface area contributed by atoms with Crippen LogP contribution in [0.2, 0.25) is 0 Å². The zero-order chi connectivity index (χ0) is 25.9. The number of phenolic OH excluding ortho intramolecular Hbond substituents is 1. The molecule has 0 bridgehead atoms. The number of ether oxygens (including phenoxy) is 1. The Kier molecular flexibility index (Phi) is 9.03. The lowest BCUT2D eigenvalue weighted by molar-refractivity contribution is -0.114. The number of aliphatic hydroxyl groups is 1. The summed E-state index contributed by atoms with van der Waals surface area (Å²) in [5, 5.41) is 26.2. The molecule has 1 aliphatic carbocycles. The van der Waals surface area contributed by atoms with Crippen LogP contribution in [0.25, 0.3) is 11.1 Å². The smallest absolute Gasteiger partial charge is 0.229 e. The highest BCUT2D eigenvalue weighted by atomic mass is 35.5. The van der Waals surface area contributed by atoms with Crippen molar-refractivity contribution in [2.24, 2.45) is 0 Å². The average molecular weight is 548 g/mol. The number of amides is 1. The monoisotopic (exact) mass is 547 g/mol. The molecule has 1 amide bonds. The summed E-state index contributed by atoms with van der Waals surface area (Å²) < 4.78 is 31.0. The van der Waals surface area contributed by atoms with E-state index in [-0.39, 0.29) is 36.3 Å². The molecule has 37 heavy (non-hydrogen) atoms. The van der Waals surface area contributed by atoms with E-state index in [9.17, 15) is 23.4 Å². The van der Waals surface area contributed by atoms with Gasteiger partial charge in [0.1, 0.15) is 18.1 Å². The SMILES string of the molecule is CC(=O)Nc1ccc2c(c1)Cc1cc(OCCNCC(O)c3ccc(O)c(NS(C)(=O)=O)c3)ccc1-2.Cl. The lowest BCUT2D eigenvalue weighted by Gasteiger charge is -2.15. The van der Waals surface area contributed by atoms with Crippen molar-refractivity contribution in [3.05, 3.63) is 71.3 Å². The van der Waals surface area contributed by atoms with E-state index in [1.807, 2.05) is 36.4 Å². The summed E-state index contributed by atoms with van der Waals surface area (Å²) >= 11 is 0. The van der Waals surface area contributed by atoms with Gasteiger partial charge >= 0.3 is 0 Å². The minimum Gasteiger partial charge on any atom is -0.506 e. The van der Waals surface area contributed by atoms with Crippen molar-refractivity contribution in [2.75, 3.05) is 36.0 Å². The van der Waals surface area contributed by atoms with E-state index in [1.54, 1.807) is 0 Å². The van der Waals surface area contributed by atoms with E-state index in [1.165, 1.54) is 25.1 Å². The maximum Gasteiger partial charge on any atom is 0.229 e. The fourth-order valence-corrected chi connectivity index (χ4v) is 4.76. The molecule has 5 N–H and O–H groups in total. The van der Waals surface area contributed by atoms with Crippen LogP contribution in [0.5, 0.6) is 11.5 Å². The van der Waals surface area contributed by atoms with Gasteiger partial charge in [-0.25, -0.2) is 8.42 Å². The maximum atomic E-state index is 11.4. The lowest BCUT2D eigenvalue weighted by atomic mass is 10.1. The number of carbonyl (C=O) groups excluding carboxylic acids is 1. The summed E-state index contributed by atoms with van der Waals surface area (Å²) in [6, 6.07) is 16.2. The number of phenols is 1. The first-order valence-corrected chi connectivity index (χ1v) is 13.3. The van der Waals surface area contributed by atoms with Crippen molar-refractivity contribution < 1.29 is 28.2 Å². The molecule has 0 radical (unpaired) electrons. The highest BCUT2D eigenvalue weighted by molar-refractivity contribution is 7.92. The third-order valence-corrected chi connectivity index (χ3v) is 6.35. The number of fused-ring (bicyclic) bond motifs is 3. The first kappa shape index (κ1) is 28.3. The first-order valence-electron chi connectivity index (χ1n) is 11.4. The number of hydrogen-bond donors (Lipinski definition) is 5. The quantitative estimate of drug-likeness (QED) is 0.151. The average Bonchev–Trinajstić information content (AvgIpc) is 3.15. The molecule has 0 heterocycles. The highest BCUT2D eigenvalue weighted by Crippen LogP contribution is 2.39. The van der Waals surface area contributed by atoms with Crippen LogP contribution in [0, 0.1) is 0 Å². The van der Waals surface area contributed by atoms with Crippen molar-refractivity contribution in [2.45, 2.75) is 19.4 Å². The summed E-state index contributed by atoms with van der Waals surface area (Å²) in [5.41, 5.74) is 5.91. The molecule has 4 rings (SSSR count). The summed E-state index contributed by atoms with van der Waals surface area (Å²) in [7, 11) is -3.56. The molecular formula is C26H30ClN3O6S. The molecular weight excluding hydrogens is 518 g/mol. The minimum atomic E-state index is -3.56. The summed E-state index contributed by atoms with van der Waals surface area (Å²) in [5.74, 6) is 0.434. The van der Waals surface area contributed by atoms with Gasteiger partial charge in [-0.05, 0) is 70.6 Å². The maximum absolute atomic E-state index is 11.4. The fraction of sp³-hybridized carbons (Fsp3) is 0.269. The molecule has 0 saturated carbocycles. The van der Waals surface area contributed by atoms with Crippen LogP contribution in [-0.4, -0.2) is 50.5 Å². The predicted molar refractivity (Wildman–Crippen MR) is 146 cm³/mol. The van der Waals surface area contributed by atoms with Gasteiger partial charge in [0, 0.05) is 25.7 Å². The molecule has 0 aromatic heterocycles. The number of hydrogen-bond acceptors (Lipinski definition) is 7. The van der Waals surface area contributed by atoms with Gasteiger partial charge in [-0.2, -0.15) is 0 Å². The van der Waals surface area contributed by atoms with Gasteiger partial charge in [0.25, 0.3) is 0 Å². The van der Waals surface area contributed by atoms with Gasteiger partial charge < -0.3 is 25.6 Å². The molecule has 1 atom stereocenters. The van der Waals surface area contributed by atoms with E-state index < -0.39 is 16.1 Å². The van der Waals surface area contributed by atoms with Crippen molar-refractivity contribution in [3.63, 3.8) is 0 Å². The molecule has 3 aromatic carbocycles. The zero-order valence-corrected chi connectivity index (χ0v) is 22.1. The summed E-state index contributed by atoms with van der Waals surface area (Å²) in [4.78, 5) is 11.3. The van der Waals surface area contributed by atoms with Gasteiger partial charge in [0.05, 0.1) is 18.0 Å². The molecule has 3 aromatic rings. The van der Waals surface area contributed by atoms with Gasteiger partial charge in [-0.1, -0.05) is 18.2 Å². The number of anilines is 2. The second kappa shape index (κ2) is 11.8. The Balaban J connectivity index is 0.00000380. The third kappa shape index (κ3) is 7.36. The normalized spacial score (nSPS) is 12.6. The number of rotatable bonds is 10. The molecule has 1 aliphatic rings. The van der Waals surface area contributed by atoms with Crippen LogP contribution in [0.3, 0.4) is 0 Å². The Morgan fingerprint density at radius 2 is 1.76 bits per heavy atom. The number of benzene rings is 3. The van der Waals surface area contributed by atoms with Crippen LogP contribution in [0.15, 0.2) is 54.6 Å². The molecule has 0 spiro atoms. The number of carbonyl (C=O) groups is 1.